The molecule has 1 fully saturated rings. The van der Waals surface area contributed by atoms with E-state index in [1.54, 1.807) is 18.3 Å². The molecule has 1 aromatic heterocycles. The summed E-state index contributed by atoms with van der Waals surface area (Å²) in [6.45, 7) is 3.86. The molecule has 0 radical (unpaired) electrons. The fourth-order valence-corrected chi connectivity index (χ4v) is 2.04. The van der Waals surface area contributed by atoms with E-state index < -0.39 is 0 Å². The fraction of sp³-hybridized carbons (Fsp3) is 0.500. The third kappa shape index (κ3) is 3.17. The maximum atomic E-state index is 11.8. The van der Waals surface area contributed by atoms with Crippen molar-refractivity contribution in [2.75, 3.05) is 31.9 Å². The van der Waals surface area contributed by atoms with Gasteiger partial charge in [-0.1, -0.05) is 0 Å². The van der Waals surface area contributed by atoms with Gasteiger partial charge in [-0.15, -0.1) is 0 Å². The quantitative estimate of drug-likeness (QED) is 0.795. The average Bonchev–Trinajstić information content (AvgIpc) is 2.82. The standard InChI is InChI=1S/C12H18N4O/c13-11-10(4-3-5-14-11)12(17)15-6-9-16-7-1-2-8-16/h3-5H,1-2,6-9H2,(H2,13,14)(H,15,17). The van der Waals surface area contributed by atoms with Gasteiger partial charge < -0.3 is 16.0 Å². The van der Waals surface area contributed by atoms with Crippen LogP contribution in [0.25, 0.3) is 0 Å². The Morgan fingerprint density at radius 1 is 1.47 bits per heavy atom. The number of carbonyl (C=O) groups is 1. The predicted molar refractivity (Wildman–Crippen MR) is 66.7 cm³/mol. The van der Waals surface area contributed by atoms with E-state index in [-0.39, 0.29) is 11.7 Å². The molecule has 1 saturated heterocycles. The Morgan fingerprint density at radius 2 is 2.24 bits per heavy atom. The minimum Gasteiger partial charge on any atom is -0.383 e. The van der Waals surface area contributed by atoms with E-state index in [2.05, 4.69) is 15.2 Å². The molecule has 0 atom stereocenters. The molecule has 0 saturated carbocycles. The van der Waals surface area contributed by atoms with Crippen LogP contribution < -0.4 is 11.1 Å². The van der Waals surface area contributed by atoms with Crippen molar-refractivity contribution in [3.05, 3.63) is 23.9 Å². The summed E-state index contributed by atoms with van der Waals surface area (Å²) in [5.74, 6) is 0.140. The summed E-state index contributed by atoms with van der Waals surface area (Å²) >= 11 is 0. The summed E-state index contributed by atoms with van der Waals surface area (Å²) in [6, 6.07) is 3.40. The van der Waals surface area contributed by atoms with Gasteiger partial charge in [-0.25, -0.2) is 4.98 Å². The number of amides is 1. The zero-order chi connectivity index (χ0) is 12.1. The molecule has 0 unspecified atom stereocenters. The Balaban J connectivity index is 1.79. The van der Waals surface area contributed by atoms with Crippen LogP contribution >= 0.6 is 0 Å². The van der Waals surface area contributed by atoms with Crippen molar-refractivity contribution in [2.24, 2.45) is 0 Å². The number of rotatable bonds is 4. The van der Waals surface area contributed by atoms with Crippen molar-refractivity contribution in [2.45, 2.75) is 12.8 Å². The number of nitrogens with one attached hydrogen (secondary N) is 1. The van der Waals surface area contributed by atoms with E-state index in [9.17, 15) is 4.79 Å². The van der Waals surface area contributed by atoms with E-state index in [0.717, 1.165) is 19.6 Å². The first kappa shape index (κ1) is 11.9. The molecule has 3 N–H and O–H groups in total. The van der Waals surface area contributed by atoms with Crippen molar-refractivity contribution < 1.29 is 4.79 Å². The zero-order valence-electron chi connectivity index (χ0n) is 9.85. The summed E-state index contributed by atoms with van der Waals surface area (Å²) < 4.78 is 0. The second-order valence-corrected chi connectivity index (χ2v) is 4.24. The van der Waals surface area contributed by atoms with Crippen LogP contribution in [0.1, 0.15) is 23.2 Å². The lowest BCUT2D eigenvalue weighted by molar-refractivity contribution is 0.0950. The Kier molecular flexibility index (Phi) is 3.93. The average molecular weight is 234 g/mol. The first-order valence-electron chi connectivity index (χ1n) is 5.98. The van der Waals surface area contributed by atoms with Crippen LogP contribution in [0.4, 0.5) is 5.82 Å². The van der Waals surface area contributed by atoms with Gasteiger partial charge in [0.05, 0.1) is 5.56 Å². The van der Waals surface area contributed by atoms with Crippen molar-refractivity contribution >= 4 is 11.7 Å². The molecular weight excluding hydrogens is 216 g/mol. The van der Waals surface area contributed by atoms with Gasteiger partial charge in [0.2, 0.25) is 0 Å². The Hall–Kier alpha value is -1.62. The lowest BCUT2D eigenvalue weighted by Gasteiger charge is -2.14. The minimum absolute atomic E-state index is 0.144. The fourth-order valence-electron chi connectivity index (χ4n) is 2.04. The number of nitrogens with zero attached hydrogens (tertiary/aromatic N) is 2. The van der Waals surface area contributed by atoms with Crippen LogP contribution in [0, 0.1) is 0 Å². The minimum atomic E-state index is -0.144. The second-order valence-electron chi connectivity index (χ2n) is 4.24. The highest BCUT2D eigenvalue weighted by atomic mass is 16.1. The molecule has 1 aromatic rings. The lowest BCUT2D eigenvalue weighted by Crippen LogP contribution is -2.33. The smallest absolute Gasteiger partial charge is 0.255 e. The lowest BCUT2D eigenvalue weighted by atomic mass is 10.2. The SMILES string of the molecule is Nc1ncccc1C(=O)NCCN1CCCC1. The first-order valence-corrected chi connectivity index (χ1v) is 5.98. The maximum absolute atomic E-state index is 11.8. The molecule has 92 valence electrons. The van der Waals surface area contributed by atoms with Crippen LogP contribution in [-0.2, 0) is 0 Å². The topological polar surface area (TPSA) is 71.2 Å². The number of nitrogen functional groups attached to an aromatic ring is 1. The molecule has 1 aliphatic heterocycles. The van der Waals surface area contributed by atoms with Gasteiger partial charge in [0, 0.05) is 19.3 Å². The van der Waals surface area contributed by atoms with E-state index in [4.69, 9.17) is 5.73 Å². The highest BCUT2D eigenvalue weighted by Crippen LogP contribution is 2.07. The number of carbonyl (C=O) groups excluding carboxylic acids is 1. The molecule has 2 rings (SSSR count). The van der Waals surface area contributed by atoms with Crippen molar-refractivity contribution in [3.8, 4) is 0 Å². The zero-order valence-corrected chi connectivity index (χ0v) is 9.85. The van der Waals surface area contributed by atoms with Gasteiger partial charge in [-0.2, -0.15) is 0 Å². The number of hydrogen-bond acceptors (Lipinski definition) is 4. The van der Waals surface area contributed by atoms with Crippen LogP contribution in [0.3, 0.4) is 0 Å². The summed E-state index contributed by atoms with van der Waals surface area (Å²) in [5, 5.41) is 2.87. The van der Waals surface area contributed by atoms with Crippen molar-refractivity contribution in [1.29, 1.82) is 0 Å². The third-order valence-corrected chi connectivity index (χ3v) is 3.00. The second kappa shape index (κ2) is 5.63. The summed E-state index contributed by atoms with van der Waals surface area (Å²) in [6.07, 6.45) is 4.11. The molecule has 5 heteroatoms. The molecule has 1 aliphatic rings. The van der Waals surface area contributed by atoms with E-state index >= 15 is 0 Å². The molecular formula is C12H18N4O. The Morgan fingerprint density at radius 3 is 2.94 bits per heavy atom. The molecule has 17 heavy (non-hydrogen) atoms. The molecule has 0 spiro atoms. The third-order valence-electron chi connectivity index (χ3n) is 3.00. The largest absolute Gasteiger partial charge is 0.383 e. The number of anilines is 1. The monoisotopic (exact) mass is 234 g/mol. The number of pyridine rings is 1. The number of aromatic nitrogens is 1. The Bertz CT molecular complexity index is 388. The summed E-state index contributed by atoms with van der Waals surface area (Å²) in [5.41, 5.74) is 6.09. The highest BCUT2D eigenvalue weighted by molar-refractivity contribution is 5.98. The van der Waals surface area contributed by atoms with Crippen LogP contribution in [-0.4, -0.2) is 42.0 Å². The van der Waals surface area contributed by atoms with Crippen LogP contribution in [0.15, 0.2) is 18.3 Å². The number of nitrogens with two attached hydrogens (primary N) is 1. The highest BCUT2D eigenvalue weighted by Gasteiger charge is 2.12. The van der Waals surface area contributed by atoms with Crippen molar-refractivity contribution in [1.82, 2.24) is 15.2 Å². The molecule has 5 nitrogen and oxygen atoms in total. The molecule has 0 aromatic carbocycles. The van der Waals surface area contributed by atoms with Crippen LogP contribution in [0.5, 0.6) is 0 Å². The Labute approximate surface area is 101 Å². The number of hydrogen-bond donors (Lipinski definition) is 2. The van der Waals surface area contributed by atoms with Crippen LogP contribution in [0.2, 0.25) is 0 Å². The van der Waals surface area contributed by atoms with E-state index in [0.29, 0.717) is 12.1 Å². The van der Waals surface area contributed by atoms with Gasteiger partial charge in [-0.05, 0) is 38.1 Å². The predicted octanol–water partition coefficient (Wildman–Crippen LogP) is 0.489. The van der Waals surface area contributed by atoms with Gasteiger partial charge >= 0.3 is 0 Å². The van der Waals surface area contributed by atoms with Gasteiger partial charge in [0.25, 0.3) is 5.91 Å². The van der Waals surface area contributed by atoms with Gasteiger partial charge in [0.1, 0.15) is 5.82 Å². The summed E-state index contributed by atoms with van der Waals surface area (Å²) in [4.78, 5) is 18.0. The van der Waals surface area contributed by atoms with E-state index in [1.165, 1.54) is 12.8 Å². The normalized spacial score (nSPS) is 16.0. The molecule has 0 aliphatic carbocycles. The molecule has 0 bridgehead atoms. The van der Waals surface area contributed by atoms with E-state index in [1.807, 2.05) is 0 Å². The van der Waals surface area contributed by atoms with Gasteiger partial charge in [0.15, 0.2) is 0 Å². The maximum Gasteiger partial charge on any atom is 0.255 e. The number of likely N-dealkylation sites (tertiary alicyclic amines) is 1. The van der Waals surface area contributed by atoms with Crippen molar-refractivity contribution in [3.63, 3.8) is 0 Å². The molecule has 1 amide bonds. The van der Waals surface area contributed by atoms with Gasteiger partial charge in [-0.3, -0.25) is 4.79 Å². The first-order chi connectivity index (χ1) is 8.27. The molecule has 2 heterocycles. The summed E-state index contributed by atoms with van der Waals surface area (Å²) in [7, 11) is 0.